The molecule has 0 spiro atoms. The summed E-state index contributed by atoms with van der Waals surface area (Å²) in [6.45, 7) is 8.58. The van der Waals surface area contributed by atoms with E-state index in [-0.39, 0.29) is 0 Å². The Morgan fingerprint density at radius 1 is 1.05 bits per heavy atom. The number of nitrogens with zero attached hydrogens (tertiary/aromatic N) is 1. The maximum atomic E-state index is 12.9. The molecule has 21 heavy (non-hydrogen) atoms. The van der Waals surface area contributed by atoms with E-state index in [1.54, 1.807) is 6.07 Å². The fourth-order valence-electron chi connectivity index (χ4n) is 2.34. The molecule has 0 aromatic heterocycles. The SMILES string of the molecule is CCCN(CC)S(=O)(=O)c1cc(CC)c(Cl)c(Cl)c1CC. The molecule has 3 nitrogen and oxygen atoms in total. The molecule has 0 amide bonds. The van der Waals surface area contributed by atoms with Crippen molar-refractivity contribution in [3.05, 3.63) is 27.2 Å². The molecule has 0 N–H and O–H groups in total. The van der Waals surface area contributed by atoms with Gasteiger partial charge < -0.3 is 0 Å². The lowest BCUT2D eigenvalue weighted by atomic mass is 10.1. The largest absolute Gasteiger partial charge is 0.243 e. The molecule has 1 rings (SSSR count). The summed E-state index contributed by atoms with van der Waals surface area (Å²) in [4.78, 5) is 0.298. The van der Waals surface area contributed by atoms with E-state index < -0.39 is 10.0 Å². The lowest BCUT2D eigenvalue weighted by molar-refractivity contribution is 0.426. The maximum Gasteiger partial charge on any atom is 0.243 e. The van der Waals surface area contributed by atoms with Crippen molar-refractivity contribution in [1.82, 2.24) is 4.31 Å². The number of benzene rings is 1. The summed E-state index contributed by atoms with van der Waals surface area (Å²) in [6, 6.07) is 1.68. The number of rotatable bonds is 7. The summed E-state index contributed by atoms with van der Waals surface area (Å²) in [6.07, 6.45) is 1.95. The van der Waals surface area contributed by atoms with Crippen LogP contribution < -0.4 is 0 Å². The molecule has 0 heterocycles. The zero-order valence-electron chi connectivity index (χ0n) is 13.0. The van der Waals surface area contributed by atoms with Crippen LogP contribution in [0.4, 0.5) is 0 Å². The summed E-state index contributed by atoms with van der Waals surface area (Å²) in [7, 11) is -3.54. The molecule has 0 aliphatic heterocycles. The number of aryl methyl sites for hydroxylation is 1. The Labute approximate surface area is 138 Å². The van der Waals surface area contributed by atoms with Crippen LogP contribution in [0.15, 0.2) is 11.0 Å². The maximum absolute atomic E-state index is 12.9. The smallest absolute Gasteiger partial charge is 0.207 e. The van der Waals surface area contributed by atoms with Gasteiger partial charge in [-0.05, 0) is 36.5 Å². The molecular formula is C15H23Cl2NO2S. The van der Waals surface area contributed by atoms with Crippen molar-refractivity contribution in [3.63, 3.8) is 0 Å². The first-order chi connectivity index (χ1) is 9.84. The molecule has 0 fully saturated rings. The van der Waals surface area contributed by atoms with Crippen molar-refractivity contribution in [2.45, 2.75) is 51.9 Å². The molecule has 0 unspecified atom stereocenters. The molecule has 1 aromatic rings. The number of hydrogen-bond donors (Lipinski definition) is 0. The van der Waals surface area contributed by atoms with E-state index in [1.807, 2.05) is 27.7 Å². The van der Waals surface area contributed by atoms with Gasteiger partial charge in [-0.3, -0.25) is 0 Å². The van der Waals surface area contributed by atoms with Crippen molar-refractivity contribution in [1.29, 1.82) is 0 Å². The topological polar surface area (TPSA) is 37.4 Å². The Hall–Kier alpha value is -0.290. The van der Waals surface area contributed by atoms with Crippen LogP contribution in [0.5, 0.6) is 0 Å². The van der Waals surface area contributed by atoms with E-state index in [4.69, 9.17) is 23.2 Å². The van der Waals surface area contributed by atoms with Crippen LogP contribution in [0.2, 0.25) is 10.0 Å². The fraction of sp³-hybridized carbons (Fsp3) is 0.600. The van der Waals surface area contributed by atoms with Crippen LogP contribution in [0.1, 0.15) is 45.2 Å². The van der Waals surface area contributed by atoms with Crippen LogP contribution in [0, 0.1) is 0 Å². The van der Waals surface area contributed by atoms with E-state index in [0.29, 0.717) is 46.4 Å². The average molecular weight is 352 g/mol. The summed E-state index contributed by atoms with van der Waals surface area (Å²) < 4.78 is 27.3. The highest BCUT2D eigenvalue weighted by molar-refractivity contribution is 7.89. The molecule has 120 valence electrons. The van der Waals surface area contributed by atoms with Gasteiger partial charge in [0.2, 0.25) is 10.0 Å². The molecule has 0 atom stereocenters. The van der Waals surface area contributed by atoms with Gasteiger partial charge in [-0.2, -0.15) is 4.31 Å². The number of sulfonamides is 1. The molecule has 0 bridgehead atoms. The Kier molecular flexibility index (Phi) is 6.98. The minimum Gasteiger partial charge on any atom is -0.207 e. The quantitative estimate of drug-likeness (QED) is 0.723. The Morgan fingerprint density at radius 3 is 2.10 bits per heavy atom. The van der Waals surface area contributed by atoms with Gasteiger partial charge in [0.1, 0.15) is 0 Å². The zero-order valence-corrected chi connectivity index (χ0v) is 15.4. The van der Waals surface area contributed by atoms with Crippen LogP contribution in [-0.2, 0) is 22.9 Å². The first-order valence-corrected chi connectivity index (χ1v) is 9.54. The molecule has 0 saturated carbocycles. The van der Waals surface area contributed by atoms with Crippen LogP contribution in [-0.4, -0.2) is 25.8 Å². The van der Waals surface area contributed by atoms with E-state index >= 15 is 0 Å². The standard InChI is InChI=1S/C15H23Cl2NO2S/c1-5-9-18(8-4)21(19,20)13-10-11(6-2)14(16)15(17)12(13)7-3/h10H,5-9H2,1-4H3. The van der Waals surface area contributed by atoms with Gasteiger partial charge in [0.05, 0.1) is 14.9 Å². The lowest BCUT2D eigenvalue weighted by Crippen LogP contribution is -2.32. The van der Waals surface area contributed by atoms with Crippen molar-refractivity contribution in [2.24, 2.45) is 0 Å². The third-order valence-electron chi connectivity index (χ3n) is 3.52. The van der Waals surface area contributed by atoms with Crippen LogP contribution in [0.25, 0.3) is 0 Å². The molecule has 0 saturated heterocycles. The van der Waals surface area contributed by atoms with E-state index in [1.165, 1.54) is 4.31 Å². The normalized spacial score (nSPS) is 12.1. The summed E-state index contributed by atoms with van der Waals surface area (Å²) in [5, 5.41) is 0.832. The van der Waals surface area contributed by atoms with Gasteiger partial charge in [0, 0.05) is 13.1 Å². The van der Waals surface area contributed by atoms with Crippen molar-refractivity contribution in [2.75, 3.05) is 13.1 Å². The molecule has 6 heteroatoms. The predicted molar refractivity (Wildman–Crippen MR) is 89.9 cm³/mol. The number of halogens is 2. The zero-order chi connectivity index (χ0) is 16.2. The summed E-state index contributed by atoms with van der Waals surface area (Å²) >= 11 is 12.5. The monoisotopic (exact) mass is 351 g/mol. The second kappa shape index (κ2) is 7.82. The molecule has 1 aromatic carbocycles. The van der Waals surface area contributed by atoms with Gasteiger partial charge in [-0.1, -0.05) is 50.9 Å². The second-order valence-electron chi connectivity index (χ2n) is 4.84. The van der Waals surface area contributed by atoms with Crippen LogP contribution in [0.3, 0.4) is 0 Å². The van der Waals surface area contributed by atoms with Crippen molar-refractivity contribution < 1.29 is 8.42 Å². The molecular weight excluding hydrogens is 329 g/mol. The van der Waals surface area contributed by atoms with Gasteiger partial charge in [-0.15, -0.1) is 0 Å². The van der Waals surface area contributed by atoms with Crippen molar-refractivity contribution in [3.8, 4) is 0 Å². The molecule has 0 radical (unpaired) electrons. The highest BCUT2D eigenvalue weighted by Crippen LogP contribution is 2.36. The second-order valence-corrected chi connectivity index (χ2v) is 7.51. The van der Waals surface area contributed by atoms with Crippen LogP contribution >= 0.6 is 23.2 Å². The highest BCUT2D eigenvalue weighted by atomic mass is 35.5. The summed E-state index contributed by atoms with van der Waals surface area (Å²) in [5.74, 6) is 0. The average Bonchev–Trinajstić information content (AvgIpc) is 2.46. The third-order valence-corrected chi connectivity index (χ3v) is 6.51. The molecule has 0 aliphatic rings. The molecule has 0 aliphatic carbocycles. The van der Waals surface area contributed by atoms with Gasteiger partial charge in [0.15, 0.2) is 0 Å². The Morgan fingerprint density at radius 2 is 1.67 bits per heavy atom. The minimum absolute atomic E-state index is 0.298. The number of hydrogen-bond acceptors (Lipinski definition) is 2. The first-order valence-electron chi connectivity index (χ1n) is 7.34. The lowest BCUT2D eigenvalue weighted by Gasteiger charge is -2.23. The predicted octanol–water partition coefficient (Wildman–Crippen LogP) is 4.54. The van der Waals surface area contributed by atoms with E-state index in [9.17, 15) is 8.42 Å². The van der Waals surface area contributed by atoms with Crippen molar-refractivity contribution >= 4 is 33.2 Å². The highest BCUT2D eigenvalue weighted by Gasteiger charge is 2.27. The Balaban J connectivity index is 3.57. The fourth-order valence-corrected chi connectivity index (χ4v) is 4.95. The minimum atomic E-state index is -3.54. The first kappa shape index (κ1) is 18.8. The van der Waals surface area contributed by atoms with E-state index in [2.05, 4.69) is 0 Å². The third kappa shape index (κ3) is 3.73. The van der Waals surface area contributed by atoms with Gasteiger partial charge >= 0.3 is 0 Å². The van der Waals surface area contributed by atoms with Gasteiger partial charge in [-0.25, -0.2) is 8.42 Å². The van der Waals surface area contributed by atoms with Gasteiger partial charge in [0.25, 0.3) is 0 Å². The van der Waals surface area contributed by atoms with E-state index in [0.717, 1.165) is 12.0 Å². The summed E-state index contributed by atoms with van der Waals surface area (Å²) in [5.41, 5.74) is 1.37. The Bertz CT molecular complexity index is 600.